The fourth-order valence-electron chi connectivity index (χ4n) is 2.60. The Labute approximate surface area is 128 Å². The highest BCUT2D eigenvalue weighted by Gasteiger charge is 2.26. The van der Waals surface area contributed by atoms with Crippen molar-refractivity contribution < 1.29 is 14.7 Å². The zero-order valence-electron chi connectivity index (χ0n) is 12.2. The van der Waals surface area contributed by atoms with Crippen LogP contribution in [0.3, 0.4) is 0 Å². The number of amides is 1. The number of nitrogens with zero attached hydrogens (tertiary/aromatic N) is 1. The maximum absolute atomic E-state index is 12.4. The van der Waals surface area contributed by atoms with Gasteiger partial charge in [0.15, 0.2) is 0 Å². The summed E-state index contributed by atoms with van der Waals surface area (Å²) in [6, 6.07) is 1.93. The third-order valence-corrected chi connectivity index (χ3v) is 4.66. The smallest absolute Gasteiger partial charge is 0.328 e. The molecule has 2 unspecified atom stereocenters. The van der Waals surface area contributed by atoms with Gasteiger partial charge in [0.1, 0.15) is 0 Å². The number of carboxylic acids is 1. The molecule has 0 aliphatic carbocycles. The van der Waals surface area contributed by atoms with Crippen molar-refractivity contribution in [2.24, 2.45) is 5.92 Å². The normalized spacial score (nSPS) is 23.3. The van der Waals surface area contributed by atoms with Gasteiger partial charge in [0.05, 0.1) is 4.88 Å². The molecule has 0 radical (unpaired) electrons. The second-order valence-electron chi connectivity index (χ2n) is 5.48. The van der Waals surface area contributed by atoms with Crippen molar-refractivity contribution in [2.75, 3.05) is 20.1 Å². The second kappa shape index (κ2) is 6.87. The van der Waals surface area contributed by atoms with Crippen LogP contribution in [0.5, 0.6) is 0 Å². The Morgan fingerprint density at radius 1 is 1.52 bits per heavy atom. The number of aliphatic carboxylic acids is 1. The number of thiophene rings is 1. The van der Waals surface area contributed by atoms with E-state index in [0.717, 1.165) is 25.6 Å². The first-order chi connectivity index (χ1) is 9.97. The van der Waals surface area contributed by atoms with Crippen LogP contribution >= 0.6 is 11.3 Å². The number of hydrogen-bond acceptors (Lipinski definition) is 4. The lowest BCUT2D eigenvalue weighted by atomic mass is 9.94. The van der Waals surface area contributed by atoms with Crippen LogP contribution in [0.4, 0.5) is 0 Å². The van der Waals surface area contributed by atoms with Gasteiger partial charge >= 0.3 is 5.97 Å². The first-order valence-electron chi connectivity index (χ1n) is 6.95. The van der Waals surface area contributed by atoms with Gasteiger partial charge in [-0.15, -0.1) is 11.3 Å². The summed E-state index contributed by atoms with van der Waals surface area (Å²) in [7, 11) is 2.09. The SMILES string of the molecule is CC1CN(C)CCC1NC(=O)c1sccc1/C=C/C(=O)O. The number of carbonyl (C=O) groups excluding carboxylic acids is 1. The van der Waals surface area contributed by atoms with Crippen LogP contribution in [-0.4, -0.2) is 48.1 Å². The zero-order chi connectivity index (χ0) is 15.4. The molecule has 2 atom stereocenters. The van der Waals surface area contributed by atoms with E-state index in [2.05, 4.69) is 24.2 Å². The molecule has 1 aromatic rings. The van der Waals surface area contributed by atoms with Crippen molar-refractivity contribution in [1.29, 1.82) is 0 Å². The monoisotopic (exact) mass is 308 g/mol. The number of piperidine rings is 1. The quantitative estimate of drug-likeness (QED) is 0.834. The number of likely N-dealkylation sites (tertiary alicyclic amines) is 1. The first kappa shape index (κ1) is 15.7. The molecule has 5 nitrogen and oxygen atoms in total. The molecule has 0 spiro atoms. The predicted molar refractivity (Wildman–Crippen MR) is 83.5 cm³/mol. The van der Waals surface area contributed by atoms with Crippen LogP contribution in [0.15, 0.2) is 17.5 Å². The average Bonchev–Trinajstić information content (AvgIpc) is 2.88. The van der Waals surface area contributed by atoms with Gasteiger partial charge in [-0.1, -0.05) is 6.92 Å². The average molecular weight is 308 g/mol. The predicted octanol–water partition coefficient (Wildman–Crippen LogP) is 1.92. The molecule has 1 fully saturated rings. The molecule has 2 rings (SSSR count). The summed E-state index contributed by atoms with van der Waals surface area (Å²) in [6.07, 6.45) is 3.46. The number of hydrogen-bond donors (Lipinski definition) is 2. The lowest BCUT2D eigenvalue weighted by Gasteiger charge is -2.35. The van der Waals surface area contributed by atoms with Crippen molar-refractivity contribution in [3.8, 4) is 0 Å². The fourth-order valence-corrected chi connectivity index (χ4v) is 3.39. The summed E-state index contributed by atoms with van der Waals surface area (Å²) in [5.74, 6) is -0.724. The van der Waals surface area contributed by atoms with Crippen molar-refractivity contribution in [3.05, 3.63) is 28.0 Å². The third-order valence-electron chi connectivity index (χ3n) is 3.73. The molecular formula is C15H20N2O3S. The number of carbonyl (C=O) groups is 2. The summed E-state index contributed by atoms with van der Waals surface area (Å²) in [4.78, 5) is 25.8. The molecule has 2 heterocycles. The number of rotatable bonds is 4. The Kier molecular flexibility index (Phi) is 5.14. The Hall–Kier alpha value is -1.66. The molecule has 6 heteroatoms. The lowest BCUT2D eigenvalue weighted by Crippen LogP contribution is -2.48. The molecule has 0 bridgehead atoms. The molecule has 1 saturated heterocycles. The minimum absolute atomic E-state index is 0.114. The molecule has 1 aliphatic rings. The van der Waals surface area contributed by atoms with Gasteiger partial charge in [-0.3, -0.25) is 4.79 Å². The molecule has 1 amide bonds. The van der Waals surface area contributed by atoms with E-state index in [1.54, 1.807) is 11.4 Å². The van der Waals surface area contributed by atoms with Gasteiger partial charge in [-0.05, 0) is 49.0 Å². The van der Waals surface area contributed by atoms with Crippen molar-refractivity contribution in [1.82, 2.24) is 10.2 Å². The van der Waals surface area contributed by atoms with Crippen LogP contribution in [0, 0.1) is 5.92 Å². The Balaban J connectivity index is 2.04. The highest BCUT2D eigenvalue weighted by Crippen LogP contribution is 2.21. The minimum atomic E-state index is -1.02. The first-order valence-corrected chi connectivity index (χ1v) is 7.83. The standard InChI is InChI=1S/C15H20N2O3S/c1-10-9-17(2)7-5-12(10)16-15(20)14-11(6-8-21-14)3-4-13(18)19/h3-4,6,8,10,12H,5,7,9H2,1-2H3,(H,16,20)(H,18,19)/b4-3+. The Morgan fingerprint density at radius 2 is 2.29 bits per heavy atom. The van der Waals surface area contributed by atoms with Crippen LogP contribution in [-0.2, 0) is 4.79 Å². The van der Waals surface area contributed by atoms with Crippen LogP contribution in [0.2, 0.25) is 0 Å². The van der Waals surface area contributed by atoms with Gasteiger partial charge in [0.25, 0.3) is 5.91 Å². The largest absolute Gasteiger partial charge is 0.478 e. The second-order valence-corrected chi connectivity index (χ2v) is 6.40. The fraction of sp³-hybridized carbons (Fsp3) is 0.467. The van der Waals surface area contributed by atoms with Crippen LogP contribution in [0.25, 0.3) is 6.08 Å². The van der Waals surface area contributed by atoms with E-state index in [4.69, 9.17) is 5.11 Å². The van der Waals surface area contributed by atoms with Gasteiger partial charge in [-0.2, -0.15) is 0 Å². The summed E-state index contributed by atoms with van der Waals surface area (Å²) in [5, 5.41) is 13.6. The summed E-state index contributed by atoms with van der Waals surface area (Å²) in [5.41, 5.74) is 0.653. The maximum Gasteiger partial charge on any atom is 0.328 e. The van der Waals surface area contributed by atoms with Crippen molar-refractivity contribution in [2.45, 2.75) is 19.4 Å². The summed E-state index contributed by atoms with van der Waals surface area (Å²) in [6.45, 7) is 4.09. The van der Waals surface area contributed by atoms with Gasteiger partial charge in [0.2, 0.25) is 0 Å². The van der Waals surface area contributed by atoms with E-state index in [1.807, 2.05) is 0 Å². The molecule has 1 aliphatic heterocycles. The van der Waals surface area contributed by atoms with E-state index >= 15 is 0 Å². The highest BCUT2D eigenvalue weighted by molar-refractivity contribution is 7.12. The van der Waals surface area contributed by atoms with E-state index in [1.165, 1.54) is 17.4 Å². The minimum Gasteiger partial charge on any atom is -0.478 e. The lowest BCUT2D eigenvalue weighted by molar-refractivity contribution is -0.131. The number of nitrogens with one attached hydrogen (secondary N) is 1. The molecule has 114 valence electrons. The summed E-state index contributed by atoms with van der Waals surface area (Å²) >= 11 is 1.33. The van der Waals surface area contributed by atoms with E-state index < -0.39 is 5.97 Å². The molecule has 0 aromatic carbocycles. The van der Waals surface area contributed by atoms with E-state index in [9.17, 15) is 9.59 Å². The van der Waals surface area contributed by atoms with Gasteiger partial charge in [-0.25, -0.2) is 4.79 Å². The van der Waals surface area contributed by atoms with Crippen molar-refractivity contribution in [3.63, 3.8) is 0 Å². The zero-order valence-corrected chi connectivity index (χ0v) is 13.0. The molecule has 21 heavy (non-hydrogen) atoms. The number of carboxylic acid groups (broad SMARTS) is 1. The van der Waals surface area contributed by atoms with Gasteiger partial charge < -0.3 is 15.3 Å². The van der Waals surface area contributed by atoms with Crippen LogP contribution in [0.1, 0.15) is 28.6 Å². The van der Waals surface area contributed by atoms with E-state index in [-0.39, 0.29) is 11.9 Å². The Morgan fingerprint density at radius 3 is 2.95 bits per heavy atom. The highest BCUT2D eigenvalue weighted by atomic mass is 32.1. The Bertz CT molecular complexity index is 553. The van der Waals surface area contributed by atoms with E-state index in [0.29, 0.717) is 16.4 Å². The topological polar surface area (TPSA) is 69.6 Å². The third kappa shape index (κ3) is 4.15. The maximum atomic E-state index is 12.4. The van der Waals surface area contributed by atoms with Gasteiger partial charge in [0, 0.05) is 18.7 Å². The summed E-state index contributed by atoms with van der Waals surface area (Å²) < 4.78 is 0. The molecule has 1 aromatic heterocycles. The molecule has 2 N–H and O–H groups in total. The van der Waals surface area contributed by atoms with Crippen molar-refractivity contribution >= 4 is 29.3 Å². The molecule has 0 saturated carbocycles. The van der Waals surface area contributed by atoms with Crippen LogP contribution < -0.4 is 5.32 Å². The molecular weight excluding hydrogens is 288 g/mol.